The number of nitriles is 1. The third kappa shape index (κ3) is 4.37. The van der Waals surface area contributed by atoms with Gasteiger partial charge in [-0.25, -0.2) is 4.98 Å². The molecule has 1 aliphatic heterocycles. The number of nitrogens with zero attached hydrogens (tertiary/aromatic N) is 4. The summed E-state index contributed by atoms with van der Waals surface area (Å²) in [5, 5.41) is 10.6. The van der Waals surface area contributed by atoms with Crippen LogP contribution in [0.1, 0.15) is 36.6 Å². The second kappa shape index (κ2) is 9.13. The van der Waals surface area contributed by atoms with Crippen LogP contribution in [0.3, 0.4) is 0 Å². The highest BCUT2D eigenvalue weighted by atomic mass is 35.5. The average molecular weight is 459 g/mol. The Balaban J connectivity index is 1.25. The molecular weight excluding hydrogens is 436 g/mol. The molecule has 33 heavy (non-hydrogen) atoms. The quantitative estimate of drug-likeness (QED) is 0.356. The molecule has 1 amide bonds. The molecule has 4 aromatic rings. The van der Waals surface area contributed by atoms with Gasteiger partial charge in [0.05, 0.1) is 12.5 Å². The SMILES string of the molecule is N#CCCn1cc(/C=C/C(=O)N2CCC(c3nc4cc(Cl)ccc4o3)CC2)c2ccccc21. The highest BCUT2D eigenvalue weighted by Crippen LogP contribution is 2.31. The Morgan fingerprint density at radius 3 is 2.88 bits per heavy atom. The van der Waals surface area contributed by atoms with Gasteiger partial charge in [0.2, 0.25) is 5.91 Å². The van der Waals surface area contributed by atoms with Crippen molar-refractivity contribution in [1.82, 2.24) is 14.5 Å². The van der Waals surface area contributed by atoms with Crippen LogP contribution in [0.5, 0.6) is 0 Å². The molecule has 0 spiro atoms. The van der Waals surface area contributed by atoms with Crippen LogP contribution in [-0.4, -0.2) is 33.4 Å². The van der Waals surface area contributed by atoms with Gasteiger partial charge in [0.25, 0.3) is 0 Å². The molecule has 1 fully saturated rings. The molecule has 3 heterocycles. The summed E-state index contributed by atoms with van der Waals surface area (Å²) < 4.78 is 8.00. The molecule has 6 nitrogen and oxygen atoms in total. The molecule has 0 atom stereocenters. The molecule has 5 rings (SSSR count). The smallest absolute Gasteiger partial charge is 0.246 e. The van der Waals surface area contributed by atoms with Gasteiger partial charge >= 0.3 is 0 Å². The summed E-state index contributed by atoms with van der Waals surface area (Å²) in [4.78, 5) is 19.3. The van der Waals surface area contributed by atoms with E-state index in [2.05, 4.69) is 15.6 Å². The Kier molecular flexibility index (Phi) is 5.89. The summed E-state index contributed by atoms with van der Waals surface area (Å²) in [6.45, 7) is 1.96. The molecule has 0 saturated carbocycles. The van der Waals surface area contributed by atoms with E-state index in [1.54, 1.807) is 12.1 Å². The molecule has 166 valence electrons. The number of aryl methyl sites for hydroxylation is 1. The molecule has 1 aliphatic rings. The van der Waals surface area contributed by atoms with Gasteiger partial charge in [-0.1, -0.05) is 29.8 Å². The molecule has 7 heteroatoms. The Morgan fingerprint density at radius 2 is 2.06 bits per heavy atom. The summed E-state index contributed by atoms with van der Waals surface area (Å²) in [6, 6.07) is 15.7. The first-order valence-corrected chi connectivity index (χ1v) is 11.5. The lowest BCUT2D eigenvalue weighted by Gasteiger charge is -2.29. The van der Waals surface area contributed by atoms with Gasteiger partial charge in [-0.05, 0) is 43.2 Å². The number of piperidine rings is 1. The van der Waals surface area contributed by atoms with Crippen LogP contribution in [0, 0.1) is 11.3 Å². The number of likely N-dealkylation sites (tertiary alicyclic amines) is 1. The zero-order valence-corrected chi connectivity index (χ0v) is 18.8. The number of para-hydroxylation sites is 1. The van der Waals surface area contributed by atoms with Gasteiger partial charge in [0.1, 0.15) is 5.52 Å². The molecule has 0 aliphatic carbocycles. The number of hydrogen-bond donors (Lipinski definition) is 0. The van der Waals surface area contributed by atoms with Gasteiger partial charge in [0, 0.05) is 59.3 Å². The van der Waals surface area contributed by atoms with E-state index in [0.29, 0.717) is 31.1 Å². The number of rotatable bonds is 5. The van der Waals surface area contributed by atoms with Crippen molar-refractivity contribution in [2.75, 3.05) is 13.1 Å². The van der Waals surface area contributed by atoms with Gasteiger partial charge in [-0.2, -0.15) is 5.26 Å². The zero-order valence-electron chi connectivity index (χ0n) is 18.1. The van der Waals surface area contributed by atoms with E-state index in [4.69, 9.17) is 21.3 Å². The van der Waals surface area contributed by atoms with E-state index < -0.39 is 0 Å². The standard InChI is InChI=1S/C26H23ClN4O2/c27-20-7-8-24-22(16-20)29-26(33-24)18-10-14-30(15-11-18)25(32)9-6-19-17-31(13-3-12-28)23-5-2-1-4-21(19)23/h1-2,4-9,16-18H,3,10-11,13-15H2/b9-6+. The fraction of sp³-hybridized carbons (Fsp3) is 0.269. The summed E-state index contributed by atoms with van der Waals surface area (Å²) in [5.41, 5.74) is 3.56. The summed E-state index contributed by atoms with van der Waals surface area (Å²) in [6.07, 6.45) is 7.61. The number of fused-ring (bicyclic) bond motifs is 2. The highest BCUT2D eigenvalue weighted by molar-refractivity contribution is 6.31. The minimum atomic E-state index is 0.00616. The topological polar surface area (TPSA) is 75.1 Å². The van der Waals surface area contributed by atoms with Crippen molar-refractivity contribution in [1.29, 1.82) is 5.26 Å². The van der Waals surface area contributed by atoms with Crippen molar-refractivity contribution < 1.29 is 9.21 Å². The maximum absolute atomic E-state index is 12.8. The maximum atomic E-state index is 12.8. The molecule has 1 saturated heterocycles. The maximum Gasteiger partial charge on any atom is 0.246 e. The summed E-state index contributed by atoms with van der Waals surface area (Å²) >= 11 is 6.05. The van der Waals surface area contributed by atoms with Crippen molar-refractivity contribution in [3.8, 4) is 6.07 Å². The number of benzene rings is 2. The van der Waals surface area contributed by atoms with Crippen LogP contribution in [0.2, 0.25) is 5.02 Å². The molecule has 2 aromatic carbocycles. The fourth-order valence-corrected chi connectivity index (χ4v) is 4.64. The predicted octanol–water partition coefficient (Wildman–Crippen LogP) is 5.77. The molecule has 0 N–H and O–H groups in total. The monoisotopic (exact) mass is 458 g/mol. The Hall–Kier alpha value is -3.56. The number of halogens is 1. The fourth-order valence-electron chi connectivity index (χ4n) is 4.47. The first-order valence-electron chi connectivity index (χ1n) is 11.1. The molecule has 2 aromatic heterocycles. The zero-order chi connectivity index (χ0) is 22.8. The normalized spacial score (nSPS) is 15.0. The van der Waals surface area contributed by atoms with Crippen molar-refractivity contribution >= 4 is 45.6 Å². The van der Waals surface area contributed by atoms with Gasteiger partial charge in [-0.3, -0.25) is 4.79 Å². The molecule has 0 unspecified atom stereocenters. The second-order valence-corrected chi connectivity index (χ2v) is 8.74. The average Bonchev–Trinajstić information content (AvgIpc) is 3.42. The Morgan fingerprint density at radius 1 is 1.24 bits per heavy atom. The number of carbonyl (C=O) groups excluding carboxylic acids is 1. The number of oxazole rings is 1. The third-order valence-corrected chi connectivity index (χ3v) is 6.45. The molecule has 0 bridgehead atoms. The lowest BCUT2D eigenvalue weighted by Crippen LogP contribution is -2.36. The van der Waals surface area contributed by atoms with Gasteiger partial charge < -0.3 is 13.9 Å². The van der Waals surface area contributed by atoms with Crippen LogP contribution >= 0.6 is 11.6 Å². The van der Waals surface area contributed by atoms with Crippen molar-refractivity contribution in [3.05, 3.63) is 71.2 Å². The lowest BCUT2D eigenvalue weighted by atomic mass is 9.96. The summed E-state index contributed by atoms with van der Waals surface area (Å²) in [7, 11) is 0. The van der Waals surface area contributed by atoms with Crippen LogP contribution in [-0.2, 0) is 11.3 Å². The first-order chi connectivity index (χ1) is 16.1. The van der Waals surface area contributed by atoms with E-state index in [1.807, 2.05) is 53.6 Å². The molecular formula is C26H23ClN4O2. The van der Waals surface area contributed by atoms with Crippen molar-refractivity contribution in [2.45, 2.75) is 31.7 Å². The van der Waals surface area contributed by atoms with Gasteiger partial charge in [-0.15, -0.1) is 0 Å². The number of aromatic nitrogens is 2. The van der Waals surface area contributed by atoms with Crippen LogP contribution in [0.15, 0.2) is 59.2 Å². The van der Waals surface area contributed by atoms with Gasteiger partial charge in [0.15, 0.2) is 11.5 Å². The number of carbonyl (C=O) groups is 1. The lowest BCUT2D eigenvalue weighted by molar-refractivity contribution is -0.127. The number of hydrogen-bond acceptors (Lipinski definition) is 4. The van der Waals surface area contributed by atoms with E-state index in [0.717, 1.165) is 46.3 Å². The summed E-state index contributed by atoms with van der Waals surface area (Å²) in [5.74, 6) is 0.925. The van der Waals surface area contributed by atoms with Crippen LogP contribution in [0.4, 0.5) is 0 Å². The van der Waals surface area contributed by atoms with Crippen LogP contribution in [0.25, 0.3) is 28.1 Å². The van der Waals surface area contributed by atoms with Crippen molar-refractivity contribution in [3.63, 3.8) is 0 Å². The Labute approximate surface area is 196 Å². The largest absolute Gasteiger partial charge is 0.440 e. The minimum absolute atomic E-state index is 0.00616. The van der Waals surface area contributed by atoms with E-state index in [9.17, 15) is 4.79 Å². The first kappa shape index (κ1) is 21.3. The molecule has 0 radical (unpaired) electrons. The third-order valence-electron chi connectivity index (χ3n) is 6.21. The van der Waals surface area contributed by atoms with Crippen LogP contribution < -0.4 is 0 Å². The second-order valence-electron chi connectivity index (χ2n) is 8.30. The van der Waals surface area contributed by atoms with E-state index in [1.165, 1.54) is 0 Å². The Bertz CT molecular complexity index is 1390. The minimum Gasteiger partial charge on any atom is -0.440 e. The van der Waals surface area contributed by atoms with E-state index >= 15 is 0 Å². The predicted molar refractivity (Wildman–Crippen MR) is 129 cm³/mol. The number of amides is 1. The highest BCUT2D eigenvalue weighted by Gasteiger charge is 2.26. The van der Waals surface area contributed by atoms with Crippen molar-refractivity contribution in [2.24, 2.45) is 0 Å². The van der Waals surface area contributed by atoms with E-state index in [-0.39, 0.29) is 11.8 Å².